The zero-order chi connectivity index (χ0) is 19.3. The van der Waals surface area contributed by atoms with Crippen LogP contribution in [0, 0.1) is 5.92 Å². The number of amides is 1. The summed E-state index contributed by atoms with van der Waals surface area (Å²) in [6, 6.07) is 5.78. The lowest BCUT2D eigenvalue weighted by Crippen LogP contribution is -2.49. The average Bonchev–Trinajstić information content (AvgIpc) is 2.61. The monoisotopic (exact) mass is 382 g/mol. The number of hydrogen-bond donors (Lipinski definition) is 0. The lowest BCUT2D eigenvalue weighted by molar-refractivity contribution is -0.129. The molecular formula is C18H26N2O5S. The fourth-order valence-electron chi connectivity index (χ4n) is 2.63. The van der Waals surface area contributed by atoms with Crippen LogP contribution in [-0.2, 0) is 19.6 Å². The highest BCUT2D eigenvalue weighted by atomic mass is 32.2. The largest absolute Gasteiger partial charge is 0.462 e. The van der Waals surface area contributed by atoms with Crippen molar-refractivity contribution in [2.24, 2.45) is 5.92 Å². The molecule has 2 rings (SSSR count). The van der Waals surface area contributed by atoms with E-state index in [2.05, 4.69) is 0 Å². The van der Waals surface area contributed by atoms with Gasteiger partial charge in [-0.3, -0.25) is 4.79 Å². The van der Waals surface area contributed by atoms with E-state index in [9.17, 15) is 18.0 Å². The second-order valence-corrected chi connectivity index (χ2v) is 8.69. The smallest absolute Gasteiger partial charge is 0.338 e. The molecule has 0 radical (unpaired) electrons. The standard InChI is InChI=1S/C18H26N2O5S/c1-14(2)8-13-25-18(22)16-4-6-17(7-5-16)26(23,24)20-11-9-19(10-12-20)15(3)21/h4-7,14H,8-13H2,1-3H3. The Morgan fingerprint density at radius 2 is 1.65 bits per heavy atom. The second-order valence-electron chi connectivity index (χ2n) is 6.75. The molecule has 0 atom stereocenters. The van der Waals surface area contributed by atoms with Crippen LogP contribution < -0.4 is 0 Å². The molecule has 0 spiro atoms. The summed E-state index contributed by atoms with van der Waals surface area (Å²) >= 11 is 0. The minimum atomic E-state index is -3.64. The molecule has 0 aliphatic carbocycles. The minimum absolute atomic E-state index is 0.0534. The molecule has 1 saturated heterocycles. The van der Waals surface area contributed by atoms with Gasteiger partial charge >= 0.3 is 5.97 Å². The molecule has 0 aromatic heterocycles. The van der Waals surface area contributed by atoms with Gasteiger partial charge in [0.2, 0.25) is 15.9 Å². The fraction of sp³-hybridized carbons (Fsp3) is 0.556. The lowest BCUT2D eigenvalue weighted by Gasteiger charge is -2.33. The first-order valence-corrected chi connectivity index (χ1v) is 10.2. The number of carbonyl (C=O) groups excluding carboxylic acids is 2. The molecule has 144 valence electrons. The third-order valence-electron chi connectivity index (χ3n) is 4.34. The van der Waals surface area contributed by atoms with E-state index in [0.717, 1.165) is 6.42 Å². The molecule has 1 amide bonds. The molecule has 1 heterocycles. The van der Waals surface area contributed by atoms with Crippen molar-refractivity contribution in [1.29, 1.82) is 0 Å². The maximum atomic E-state index is 12.7. The molecule has 0 bridgehead atoms. The van der Waals surface area contributed by atoms with Gasteiger partial charge in [0.1, 0.15) is 0 Å². The number of hydrogen-bond acceptors (Lipinski definition) is 5. The Bertz CT molecular complexity index is 735. The summed E-state index contributed by atoms with van der Waals surface area (Å²) in [4.78, 5) is 25.1. The summed E-state index contributed by atoms with van der Waals surface area (Å²) in [5.74, 6) is -0.0640. The highest BCUT2D eigenvalue weighted by Crippen LogP contribution is 2.19. The molecule has 0 saturated carbocycles. The SMILES string of the molecule is CC(=O)N1CCN(S(=O)(=O)c2ccc(C(=O)OCCC(C)C)cc2)CC1. The van der Waals surface area contributed by atoms with Gasteiger partial charge in [-0.2, -0.15) is 4.31 Å². The molecular weight excluding hydrogens is 356 g/mol. The maximum Gasteiger partial charge on any atom is 0.338 e. The van der Waals surface area contributed by atoms with Crippen molar-refractivity contribution >= 4 is 21.9 Å². The zero-order valence-corrected chi connectivity index (χ0v) is 16.3. The van der Waals surface area contributed by atoms with E-state index in [1.54, 1.807) is 4.90 Å². The Kier molecular flexibility index (Phi) is 6.77. The van der Waals surface area contributed by atoms with Crippen molar-refractivity contribution in [3.63, 3.8) is 0 Å². The molecule has 1 aliphatic heterocycles. The Hall–Kier alpha value is -1.93. The van der Waals surface area contributed by atoms with Gasteiger partial charge in [0.05, 0.1) is 17.1 Å². The van der Waals surface area contributed by atoms with Crippen LogP contribution >= 0.6 is 0 Å². The number of ether oxygens (including phenoxy) is 1. The molecule has 26 heavy (non-hydrogen) atoms. The fourth-order valence-corrected chi connectivity index (χ4v) is 4.05. The highest BCUT2D eigenvalue weighted by Gasteiger charge is 2.29. The van der Waals surface area contributed by atoms with Crippen LogP contribution in [0.2, 0.25) is 0 Å². The molecule has 1 aromatic carbocycles. The average molecular weight is 382 g/mol. The number of piperazine rings is 1. The van der Waals surface area contributed by atoms with Crippen LogP contribution in [0.4, 0.5) is 0 Å². The molecule has 1 aromatic rings. The first-order chi connectivity index (χ1) is 12.2. The van der Waals surface area contributed by atoms with Gasteiger partial charge in [0, 0.05) is 33.1 Å². The van der Waals surface area contributed by atoms with Crippen LogP contribution in [0.1, 0.15) is 37.6 Å². The number of nitrogens with zero attached hydrogens (tertiary/aromatic N) is 2. The van der Waals surface area contributed by atoms with Gasteiger partial charge in [0.15, 0.2) is 0 Å². The topological polar surface area (TPSA) is 84.0 Å². The number of esters is 1. The first-order valence-electron chi connectivity index (χ1n) is 8.74. The Morgan fingerprint density at radius 1 is 1.08 bits per heavy atom. The summed E-state index contributed by atoms with van der Waals surface area (Å²) < 4.78 is 31.9. The maximum absolute atomic E-state index is 12.7. The van der Waals surface area contributed by atoms with Crippen LogP contribution in [0.15, 0.2) is 29.2 Å². The van der Waals surface area contributed by atoms with E-state index in [1.807, 2.05) is 13.8 Å². The lowest BCUT2D eigenvalue weighted by atomic mass is 10.1. The number of rotatable bonds is 6. The van der Waals surface area contributed by atoms with E-state index in [4.69, 9.17) is 4.74 Å². The van der Waals surface area contributed by atoms with Crippen molar-refractivity contribution < 1.29 is 22.7 Å². The molecule has 1 aliphatic rings. The number of carbonyl (C=O) groups is 2. The van der Waals surface area contributed by atoms with Crippen LogP contribution in [0.3, 0.4) is 0 Å². The predicted molar refractivity (Wildman–Crippen MR) is 97.2 cm³/mol. The van der Waals surface area contributed by atoms with Crippen LogP contribution in [0.5, 0.6) is 0 Å². The van der Waals surface area contributed by atoms with Crippen molar-refractivity contribution in [1.82, 2.24) is 9.21 Å². The van der Waals surface area contributed by atoms with Crippen molar-refractivity contribution in [3.8, 4) is 0 Å². The van der Waals surface area contributed by atoms with E-state index < -0.39 is 16.0 Å². The molecule has 0 N–H and O–H groups in total. The zero-order valence-electron chi connectivity index (χ0n) is 15.5. The van der Waals surface area contributed by atoms with Gasteiger partial charge in [-0.1, -0.05) is 13.8 Å². The first kappa shape index (κ1) is 20.4. The summed E-state index contributed by atoms with van der Waals surface area (Å²) in [6.07, 6.45) is 0.782. The molecule has 1 fully saturated rings. The summed E-state index contributed by atoms with van der Waals surface area (Å²) in [7, 11) is -3.64. The van der Waals surface area contributed by atoms with Crippen molar-refractivity contribution in [3.05, 3.63) is 29.8 Å². The molecule has 0 unspecified atom stereocenters. The normalized spacial score (nSPS) is 15.9. The number of sulfonamides is 1. The van der Waals surface area contributed by atoms with E-state index >= 15 is 0 Å². The predicted octanol–water partition coefficient (Wildman–Crippen LogP) is 1.74. The van der Waals surface area contributed by atoms with Gasteiger partial charge in [-0.25, -0.2) is 13.2 Å². The summed E-state index contributed by atoms with van der Waals surface area (Å²) in [5.41, 5.74) is 0.328. The summed E-state index contributed by atoms with van der Waals surface area (Å²) in [5, 5.41) is 0. The second kappa shape index (κ2) is 8.64. The Labute approximate surface area is 155 Å². The highest BCUT2D eigenvalue weighted by molar-refractivity contribution is 7.89. The van der Waals surface area contributed by atoms with Gasteiger partial charge in [0.25, 0.3) is 0 Å². The molecule has 7 nitrogen and oxygen atoms in total. The Morgan fingerprint density at radius 3 is 2.15 bits per heavy atom. The van der Waals surface area contributed by atoms with E-state index in [1.165, 1.54) is 35.5 Å². The van der Waals surface area contributed by atoms with E-state index in [-0.39, 0.29) is 23.9 Å². The number of benzene rings is 1. The third-order valence-corrected chi connectivity index (χ3v) is 6.25. The minimum Gasteiger partial charge on any atom is -0.462 e. The quantitative estimate of drug-likeness (QED) is 0.700. The van der Waals surface area contributed by atoms with Gasteiger partial charge in [-0.05, 0) is 36.6 Å². The molecule has 8 heteroatoms. The summed E-state index contributed by atoms with van der Waals surface area (Å²) in [6.45, 7) is 7.21. The van der Waals surface area contributed by atoms with Gasteiger partial charge < -0.3 is 9.64 Å². The third kappa shape index (κ3) is 5.04. The van der Waals surface area contributed by atoms with Crippen molar-refractivity contribution in [2.75, 3.05) is 32.8 Å². The van der Waals surface area contributed by atoms with Crippen LogP contribution in [-0.4, -0.2) is 62.3 Å². The van der Waals surface area contributed by atoms with Gasteiger partial charge in [-0.15, -0.1) is 0 Å². The van der Waals surface area contributed by atoms with Crippen molar-refractivity contribution in [2.45, 2.75) is 32.1 Å². The van der Waals surface area contributed by atoms with E-state index in [0.29, 0.717) is 31.2 Å². The van der Waals surface area contributed by atoms with Crippen LogP contribution in [0.25, 0.3) is 0 Å². The Balaban J connectivity index is 2.00.